The molecule has 1 unspecified atom stereocenters. The van der Waals surface area contributed by atoms with Gasteiger partial charge >= 0.3 is 0 Å². The molecular formula is C30H32FN5O2S. The van der Waals surface area contributed by atoms with Crippen LogP contribution in [0.3, 0.4) is 0 Å². The molecule has 1 amide bonds. The number of aryl methyl sites for hydroxylation is 2. The molecule has 1 aliphatic carbocycles. The third-order valence-corrected chi connectivity index (χ3v) is 7.81. The van der Waals surface area contributed by atoms with Crippen molar-refractivity contribution >= 4 is 33.3 Å². The number of carbonyl (C=O) groups is 1. The number of allylic oxidation sites excluding steroid dienone is 1. The Morgan fingerprint density at radius 3 is 2.87 bits per heavy atom. The lowest BCUT2D eigenvalue weighted by molar-refractivity contribution is -0.118. The average Bonchev–Trinajstić information content (AvgIpc) is 3.55. The predicted octanol–water partition coefficient (Wildman–Crippen LogP) is 7.35. The second kappa shape index (κ2) is 12.0. The summed E-state index contributed by atoms with van der Waals surface area (Å²) in [4.78, 5) is 28.5. The molecule has 1 aliphatic rings. The molecule has 3 aromatic heterocycles. The Balaban J connectivity index is 1.32. The third kappa shape index (κ3) is 6.84. The van der Waals surface area contributed by atoms with Gasteiger partial charge in [-0.1, -0.05) is 29.9 Å². The zero-order valence-electron chi connectivity index (χ0n) is 22.1. The van der Waals surface area contributed by atoms with Crippen molar-refractivity contribution in [1.29, 1.82) is 0 Å². The summed E-state index contributed by atoms with van der Waals surface area (Å²) in [5.74, 6) is 1.31. The molecule has 39 heavy (non-hydrogen) atoms. The molecule has 0 bridgehead atoms. The molecule has 3 heterocycles. The smallest absolute Gasteiger partial charge is 0.227 e. The van der Waals surface area contributed by atoms with Gasteiger partial charge in [-0.3, -0.25) is 4.79 Å². The molecule has 0 radical (unpaired) electrons. The largest absolute Gasteiger partial charge is 0.339 e. The number of pyridine rings is 1. The highest BCUT2D eigenvalue weighted by atomic mass is 32.1. The first-order valence-corrected chi connectivity index (χ1v) is 14.1. The maximum Gasteiger partial charge on any atom is 0.227 e. The first-order chi connectivity index (χ1) is 18.9. The number of nitrogens with zero attached hydrogens (tertiary/aromatic N) is 5. The molecule has 7 nitrogen and oxygen atoms in total. The van der Waals surface area contributed by atoms with Crippen LogP contribution < -0.4 is 4.90 Å². The zero-order chi connectivity index (χ0) is 27.4. The van der Waals surface area contributed by atoms with Gasteiger partial charge in [-0.25, -0.2) is 14.4 Å². The maximum absolute atomic E-state index is 13.4. The summed E-state index contributed by atoms with van der Waals surface area (Å²) < 4.78 is 19.9. The van der Waals surface area contributed by atoms with E-state index in [2.05, 4.69) is 39.3 Å². The summed E-state index contributed by atoms with van der Waals surface area (Å²) in [6.45, 7) is 9.74. The van der Waals surface area contributed by atoms with Crippen molar-refractivity contribution in [2.24, 2.45) is 5.92 Å². The fourth-order valence-electron chi connectivity index (χ4n) is 4.58. The van der Waals surface area contributed by atoms with Gasteiger partial charge in [-0.2, -0.15) is 4.98 Å². The number of carbonyl (C=O) groups excluding carboxylic acids is 1. The minimum atomic E-state index is -0.498. The van der Waals surface area contributed by atoms with Crippen LogP contribution in [0.15, 0.2) is 66.1 Å². The molecule has 0 spiro atoms. The highest BCUT2D eigenvalue weighted by Gasteiger charge is 2.28. The quantitative estimate of drug-likeness (QED) is 0.163. The first-order valence-electron chi connectivity index (χ1n) is 13.3. The molecule has 9 heteroatoms. The van der Waals surface area contributed by atoms with E-state index in [0.717, 1.165) is 63.7 Å². The van der Waals surface area contributed by atoms with E-state index in [1.807, 2.05) is 37.3 Å². The Labute approximate surface area is 231 Å². The SMILES string of the molecule is C=CC(CCCc1nc(C2CC2)no1)CN(C(=O)CCC(=C)F)c1cccc(-c2cnc3nc(C)sc3c2)c1. The lowest BCUT2D eigenvalue weighted by atomic mass is 10.00. The summed E-state index contributed by atoms with van der Waals surface area (Å²) >= 11 is 1.60. The summed E-state index contributed by atoms with van der Waals surface area (Å²) in [6.07, 6.45) is 8.30. The van der Waals surface area contributed by atoms with Gasteiger partial charge in [0.15, 0.2) is 11.5 Å². The average molecular weight is 546 g/mol. The Hall–Kier alpha value is -3.72. The summed E-state index contributed by atoms with van der Waals surface area (Å²) in [5.41, 5.74) is 3.38. The van der Waals surface area contributed by atoms with Crippen LogP contribution in [0.4, 0.5) is 10.1 Å². The molecule has 1 fully saturated rings. The van der Waals surface area contributed by atoms with E-state index in [1.54, 1.807) is 22.4 Å². The van der Waals surface area contributed by atoms with Crippen molar-refractivity contribution in [2.75, 3.05) is 11.4 Å². The monoisotopic (exact) mass is 545 g/mol. The van der Waals surface area contributed by atoms with Crippen LogP contribution in [0.5, 0.6) is 0 Å². The number of aromatic nitrogens is 4. The maximum atomic E-state index is 13.4. The molecule has 1 atom stereocenters. The fraction of sp³-hybridized carbons (Fsp3) is 0.367. The van der Waals surface area contributed by atoms with Gasteiger partial charge in [-0.05, 0) is 62.3 Å². The second-order valence-electron chi connectivity index (χ2n) is 10.1. The van der Waals surface area contributed by atoms with Crippen molar-refractivity contribution in [3.63, 3.8) is 0 Å². The highest BCUT2D eigenvalue weighted by molar-refractivity contribution is 7.18. The third-order valence-electron chi connectivity index (χ3n) is 6.90. The topological polar surface area (TPSA) is 85.0 Å². The van der Waals surface area contributed by atoms with Crippen LogP contribution in [0.2, 0.25) is 0 Å². The number of halogens is 1. The van der Waals surface area contributed by atoms with Crippen LogP contribution in [-0.4, -0.2) is 32.6 Å². The zero-order valence-corrected chi connectivity index (χ0v) is 22.9. The van der Waals surface area contributed by atoms with Crippen LogP contribution >= 0.6 is 11.3 Å². The predicted molar refractivity (Wildman–Crippen MR) is 152 cm³/mol. The van der Waals surface area contributed by atoms with E-state index in [4.69, 9.17) is 4.52 Å². The van der Waals surface area contributed by atoms with Crippen molar-refractivity contribution in [3.8, 4) is 11.1 Å². The molecule has 4 aromatic rings. The second-order valence-corrected chi connectivity index (χ2v) is 11.3. The number of thiazole rings is 1. The van der Waals surface area contributed by atoms with Gasteiger partial charge in [0.1, 0.15) is 0 Å². The summed E-state index contributed by atoms with van der Waals surface area (Å²) in [6, 6.07) is 9.89. The lowest BCUT2D eigenvalue weighted by Crippen LogP contribution is -2.35. The number of hydrogen-bond acceptors (Lipinski definition) is 7. The Morgan fingerprint density at radius 1 is 1.26 bits per heavy atom. The number of anilines is 1. The fourth-order valence-corrected chi connectivity index (χ4v) is 5.40. The van der Waals surface area contributed by atoms with Crippen molar-refractivity contribution < 1.29 is 13.7 Å². The van der Waals surface area contributed by atoms with Crippen LogP contribution in [0.25, 0.3) is 21.5 Å². The number of benzene rings is 1. The Morgan fingerprint density at radius 2 is 2.10 bits per heavy atom. The molecule has 0 saturated heterocycles. The van der Waals surface area contributed by atoms with E-state index in [1.165, 1.54) is 0 Å². The van der Waals surface area contributed by atoms with E-state index in [0.29, 0.717) is 24.8 Å². The van der Waals surface area contributed by atoms with Crippen LogP contribution in [0.1, 0.15) is 61.2 Å². The van der Waals surface area contributed by atoms with Crippen molar-refractivity contribution in [1.82, 2.24) is 20.1 Å². The normalized spacial score (nSPS) is 13.9. The number of hydrogen-bond donors (Lipinski definition) is 0. The number of rotatable bonds is 13. The van der Waals surface area contributed by atoms with E-state index in [9.17, 15) is 9.18 Å². The van der Waals surface area contributed by atoms with Gasteiger partial charge in [-0.15, -0.1) is 17.9 Å². The standard InChI is InChI=1S/C30H32FN5O2S/c1-4-21(7-5-10-27-34-29(35-38-27)22-12-13-22)18-36(28(37)14-11-19(2)31)25-9-6-8-23(15-25)24-16-26-30(32-17-24)33-20(3)39-26/h4,6,8-9,15-17,21-22H,1-2,5,7,10-14,18H2,3H3. The van der Waals surface area contributed by atoms with Gasteiger partial charge in [0.2, 0.25) is 11.8 Å². The number of amides is 1. The highest BCUT2D eigenvalue weighted by Crippen LogP contribution is 2.38. The molecule has 5 rings (SSSR count). The van der Waals surface area contributed by atoms with Gasteiger partial charge in [0.25, 0.3) is 0 Å². The summed E-state index contributed by atoms with van der Waals surface area (Å²) in [5, 5.41) is 5.05. The lowest BCUT2D eigenvalue weighted by Gasteiger charge is -2.27. The van der Waals surface area contributed by atoms with Crippen molar-refractivity contribution in [2.45, 2.75) is 57.8 Å². The molecule has 1 saturated carbocycles. The van der Waals surface area contributed by atoms with Gasteiger partial charge in [0, 0.05) is 49.2 Å². The first kappa shape index (κ1) is 26.9. The summed E-state index contributed by atoms with van der Waals surface area (Å²) in [7, 11) is 0. The van der Waals surface area contributed by atoms with E-state index < -0.39 is 5.83 Å². The number of fused-ring (bicyclic) bond motifs is 1. The Bertz CT molecular complexity index is 1490. The van der Waals surface area contributed by atoms with E-state index in [-0.39, 0.29) is 24.7 Å². The van der Waals surface area contributed by atoms with E-state index >= 15 is 0 Å². The van der Waals surface area contributed by atoms with Gasteiger partial charge in [0.05, 0.1) is 15.5 Å². The van der Waals surface area contributed by atoms with Crippen LogP contribution in [0, 0.1) is 12.8 Å². The minimum absolute atomic E-state index is 0.000410. The van der Waals surface area contributed by atoms with Crippen molar-refractivity contribution in [3.05, 3.63) is 78.3 Å². The minimum Gasteiger partial charge on any atom is -0.339 e. The molecule has 0 N–H and O–H groups in total. The Kier molecular flexibility index (Phi) is 8.26. The van der Waals surface area contributed by atoms with Gasteiger partial charge < -0.3 is 9.42 Å². The van der Waals surface area contributed by atoms with Crippen LogP contribution in [-0.2, 0) is 11.2 Å². The molecule has 202 valence electrons. The molecular weight excluding hydrogens is 513 g/mol. The molecule has 1 aromatic carbocycles. The molecule has 0 aliphatic heterocycles.